The van der Waals surface area contributed by atoms with Gasteiger partial charge in [-0.05, 0) is 59.3 Å². The maximum atomic E-state index is 6.16. The molecule has 0 bridgehead atoms. The van der Waals surface area contributed by atoms with Gasteiger partial charge in [0.25, 0.3) is 0 Å². The van der Waals surface area contributed by atoms with E-state index in [-0.39, 0.29) is 0 Å². The molecule has 0 spiro atoms. The lowest BCUT2D eigenvalue weighted by Crippen LogP contribution is -1.96. The lowest BCUT2D eigenvalue weighted by Gasteiger charge is -2.08. The predicted molar refractivity (Wildman–Crippen MR) is 82.9 cm³/mol. The van der Waals surface area contributed by atoms with Crippen LogP contribution >= 0.6 is 27.5 Å². The Hall–Kier alpha value is -1.52. The molecule has 0 saturated heterocycles. The molecule has 5 heteroatoms. The van der Waals surface area contributed by atoms with Gasteiger partial charge in [0.05, 0.1) is 16.1 Å². The van der Waals surface area contributed by atoms with Gasteiger partial charge in [-0.2, -0.15) is 0 Å². The van der Waals surface area contributed by atoms with Crippen LogP contribution in [0.1, 0.15) is 5.82 Å². The zero-order valence-electron chi connectivity index (χ0n) is 10.2. The molecule has 0 aliphatic rings. The molecule has 1 aromatic heterocycles. The first-order chi connectivity index (χ1) is 9.06. The van der Waals surface area contributed by atoms with Crippen molar-refractivity contribution >= 4 is 44.3 Å². The van der Waals surface area contributed by atoms with Crippen molar-refractivity contribution in [3.63, 3.8) is 0 Å². The number of aryl methyl sites for hydroxylation is 1. The highest BCUT2D eigenvalue weighted by Crippen LogP contribution is 2.28. The molecular weight excluding hydrogens is 326 g/mol. The number of rotatable bonds is 1. The van der Waals surface area contributed by atoms with Gasteiger partial charge in [-0.15, -0.1) is 0 Å². The van der Waals surface area contributed by atoms with Crippen molar-refractivity contribution in [3.8, 4) is 5.69 Å². The van der Waals surface area contributed by atoms with Crippen LogP contribution in [-0.2, 0) is 0 Å². The molecule has 0 saturated carbocycles. The smallest absolute Gasteiger partial charge is 0.111 e. The Bertz CT molecular complexity index is 780. The van der Waals surface area contributed by atoms with Crippen LogP contribution in [0.2, 0.25) is 5.02 Å². The summed E-state index contributed by atoms with van der Waals surface area (Å²) in [4.78, 5) is 4.53. The minimum Gasteiger partial charge on any atom is -0.399 e. The lowest BCUT2D eigenvalue weighted by atomic mass is 10.2. The summed E-state index contributed by atoms with van der Waals surface area (Å²) in [5, 5.41) is 0.675. The van der Waals surface area contributed by atoms with Crippen molar-refractivity contribution in [2.24, 2.45) is 0 Å². The topological polar surface area (TPSA) is 43.8 Å². The highest BCUT2D eigenvalue weighted by atomic mass is 79.9. The number of nitrogens with two attached hydrogens (primary N) is 1. The molecule has 96 valence electrons. The van der Waals surface area contributed by atoms with Crippen LogP contribution in [-0.4, -0.2) is 9.55 Å². The highest BCUT2D eigenvalue weighted by Gasteiger charge is 2.10. The van der Waals surface area contributed by atoms with E-state index >= 15 is 0 Å². The third kappa shape index (κ3) is 2.11. The average Bonchev–Trinajstić information content (AvgIpc) is 2.68. The van der Waals surface area contributed by atoms with Crippen molar-refractivity contribution in [1.82, 2.24) is 9.55 Å². The summed E-state index contributed by atoms with van der Waals surface area (Å²) in [6.07, 6.45) is 0. The SMILES string of the molecule is Cc1nc2cc(N)ccc2n1-c1ccc(Br)c(Cl)c1. The number of fused-ring (bicyclic) bond motifs is 1. The monoisotopic (exact) mass is 335 g/mol. The Morgan fingerprint density at radius 3 is 2.74 bits per heavy atom. The Kier molecular flexibility index (Phi) is 2.99. The number of nitrogen functional groups attached to an aromatic ring is 1. The molecule has 0 amide bonds. The first-order valence-electron chi connectivity index (χ1n) is 5.76. The van der Waals surface area contributed by atoms with Gasteiger partial charge in [0.2, 0.25) is 0 Å². The maximum absolute atomic E-state index is 6.16. The fourth-order valence-electron chi connectivity index (χ4n) is 2.17. The van der Waals surface area contributed by atoms with Crippen LogP contribution in [0.15, 0.2) is 40.9 Å². The van der Waals surface area contributed by atoms with E-state index in [1.807, 2.05) is 43.3 Å². The largest absolute Gasteiger partial charge is 0.399 e. The van der Waals surface area contributed by atoms with E-state index in [9.17, 15) is 0 Å². The Morgan fingerprint density at radius 2 is 2.00 bits per heavy atom. The van der Waals surface area contributed by atoms with Crippen molar-refractivity contribution in [2.75, 3.05) is 5.73 Å². The van der Waals surface area contributed by atoms with Crippen LogP contribution in [0.3, 0.4) is 0 Å². The van der Waals surface area contributed by atoms with Crippen molar-refractivity contribution < 1.29 is 0 Å². The fraction of sp³-hybridized carbons (Fsp3) is 0.0714. The predicted octanol–water partition coefficient (Wildman–Crippen LogP) is 4.33. The first kappa shape index (κ1) is 12.5. The zero-order valence-corrected chi connectivity index (χ0v) is 12.5. The summed E-state index contributed by atoms with van der Waals surface area (Å²) in [5.41, 5.74) is 9.39. The molecule has 3 aromatic rings. The summed E-state index contributed by atoms with van der Waals surface area (Å²) in [5.74, 6) is 0.902. The number of hydrogen-bond acceptors (Lipinski definition) is 2. The molecule has 0 aliphatic carbocycles. The number of anilines is 1. The Morgan fingerprint density at radius 1 is 1.21 bits per heavy atom. The Balaban J connectivity index is 2.29. The molecular formula is C14H11BrClN3. The van der Waals surface area contributed by atoms with Crippen LogP contribution in [0.25, 0.3) is 16.7 Å². The third-order valence-corrected chi connectivity index (χ3v) is 4.24. The molecule has 0 radical (unpaired) electrons. The minimum atomic E-state index is 0.675. The normalized spacial score (nSPS) is 11.1. The standard InChI is InChI=1S/C14H11BrClN3/c1-8-18-13-6-9(17)2-5-14(13)19(8)10-3-4-11(15)12(16)7-10/h2-7H,17H2,1H3. The maximum Gasteiger partial charge on any atom is 0.111 e. The molecule has 2 aromatic carbocycles. The summed E-state index contributed by atoms with van der Waals surface area (Å²) in [6.45, 7) is 1.96. The van der Waals surface area contributed by atoms with Crippen molar-refractivity contribution in [1.29, 1.82) is 0 Å². The fourth-order valence-corrected chi connectivity index (χ4v) is 2.59. The number of halogens is 2. The number of aromatic nitrogens is 2. The van der Waals surface area contributed by atoms with Gasteiger partial charge in [-0.3, -0.25) is 4.57 Å². The summed E-state index contributed by atoms with van der Waals surface area (Å²) in [7, 11) is 0. The highest BCUT2D eigenvalue weighted by molar-refractivity contribution is 9.10. The molecule has 0 aliphatic heterocycles. The average molecular weight is 337 g/mol. The summed E-state index contributed by atoms with van der Waals surface area (Å²) < 4.78 is 2.94. The van der Waals surface area contributed by atoms with Crippen molar-refractivity contribution in [3.05, 3.63) is 51.7 Å². The molecule has 19 heavy (non-hydrogen) atoms. The molecule has 0 fully saturated rings. The van der Waals surface area contributed by atoms with E-state index in [1.165, 1.54) is 0 Å². The van der Waals surface area contributed by atoms with Gasteiger partial charge in [0.1, 0.15) is 5.82 Å². The lowest BCUT2D eigenvalue weighted by molar-refractivity contribution is 1.00. The van der Waals surface area contributed by atoms with Gasteiger partial charge in [0, 0.05) is 15.8 Å². The summed E-state index contributed by atoms with van der Waals surface area (Å²) >= 11 is 9.56. The van der Waals surface area contributed by atoms with E-state index in [0.29, 0.717) is 10.7 Å². The first-order valence-corrected chi connectivity index (χ1v) is 6.93. The van der Waals surface area contributed by atoms with E-state index in [2.05, 4.69) is 25.5 Å². The number of benzene rings is 2. The van der Waals surface area contributed by atoms with E-state index in [1.54, 1.807) is 0 Å². The van der Waals surface area contributed by atoms with E-state index < -0.39 is 0 Å². The van der Waals surface area contributed by atoms with Gasteiger partial charge >= 0.3 is 0 Å². The van der Waals surface area contributed by atoms with Gasteiger partial charge in [0.15, 0.2) is 0 Å². The van der Waals surface area contributed by atoms with Crippen LogP contribution in [0.5, 0.6) is 0 Å². The zero-order chi connectivity index (χ0) is 13.6. The second kappa shape index (κ2) is 4.54. The minimum absolute atomic E-state index is 0.675. The molecule has 2 N–H and O–H groups in total. The van der Waals surface area contributed by atoms with Crippen LogP contribution < -0.4 is 5.73 Å². The quantitative estimate of drug-likeness (QED) is 0.672. The van der Waals surface area contributed by atoms with E-state index in [4.69, 9.17) is 17.3 Å². The van der Waals surface area contributed by atoms with Gasteiger partial charge in [-0.25, -0.2) is 4.98 Å². The molecule has 3 rings (SSSR count). The Labute approximate surface area is 124 Å². The molecule has 0 atom stereocenters. The second-order valence-electron chi connectivity index (χ2n) is 4.34. The van der Waals surface area contributed by atoms with E-state index in [0.717, 1.165) is 27.0 Å². The number of imidazole rings is 1. The van der Waals surface area contributed by atoms with Gasteiger partial charge in [-0.1, -0.05) is 11.6 Å². The summed E-state index contributed by atoms with van der Waals surface area (Å²) in [6, 6.07) is 11.6. The number of nitrogens with zero attached hydrogens (tertiary/aromatic N) is 2. The van der Waals surface area contributed by atoms with Crippen LogP contribution in [0, 0.1) is 6.92 Å². The van der Waals surface area contributed by atoms with Crippen molar-refractivity contribution in [2.45, 2.75) is 6.92 Å². The molecule has 3 nitrogen and oxygen atoms in total. The third-order valence-electron chi connectivity index (χ3n) is 3.01. The second-order valence-corrected chi connectivity index (χ2v) is 5.60. The number of hydrogen-bond donors (Lipinski definition) is 1. The van der Waals surface area contributed by atoms with Crippen LogP contribution in [0.4, 0.5) is 5.69 Å². The molecule has 1 heterocycles. The molecule has 0 unspecified atom stereocenters. The van der Waals surface area contributed by atoms with Gasteiger partial charge < -0.3 is 5.73 Å².